The summed E-state index contributed by atoms with van der Waals surface area (Å²) in [7, 11) is 0. The number of rotatable bonds is 4. The molecule has 2 aromatic rings. The van der Waals surface area contributed by atoms with Crippen LogP contribution in [-0.4, -0.2) is 18.0 Å². The van der Waals surface area contributed by atoms with E-state index in [1.54, 1.807) is 30.3 Å². The Labute approximate surface area is 127 Å². The Morgan fingerprint density at radius 2 is 1.62 bits per heavy atom. The summed E-state index contributed by atoms with van der Waals surface area (Å²) < 4.78 is 0. The number of benzene rings is 1. The molecule has 1 heterocycles. The summed E-state index contributed by atoms with van der Waals surface area (Å²) in [5.41, 5.74) is 1.35. The lowest BCUT2D eigenvalue weighted by Gasteiger charge is -2.10. The molecule has 1 aromatic carbocycles. The predicted molar refractivity (Wildman–Crippen MR) is 86.0 cm³/mol. The average molecular weight is 303 g/mol. The summed E-state index contributed by atoms with van der Waals surface area (Å²) in [5.74, 6) is -0.136. The normalized spacial score (nSPS) is 10.2. The highest BCUT2D eigenvalue weighted by molar-refractivity contribution is 7.12. The van der Waals surface area contributed by atoms with Crippen molar-refractivity contribution in [3.63, 3.8) is 0 Å². The number of hydrogen-bond acceptors (Lipinski definition) is 3. The van der Waals surface area contributed by atoms with Crippen LogP contribution in [0.2, 0.25) is 0 Å². The Bertz CT molecular complexity index is 606. The molecule has 3 amide bonds. The molecule has 5 nitrogen and oxygen atoms in total. The molecule has 0 spiro atoms. The van der Waals surface area contributed by atoms with Crippen molar-refractivity contribution in [3.05, 3.63) is 46.7 Å². The Hall–Kier alpha value is -2.34. The molecule has 3 N–H and O–H groups in total. The summed E-state index contributed by atoms with van der Waals surface area (Å²) in [6.45, 7) is 3.78. The summed E-state index contributed by atoms with van der Waals surface area (Å²) in [6, 6.07) is 10.4. The minimum atomic E-state index is -0.250. The molecule has 0 aliphatic heterocycles. The molecule has 0 aliphatic carbocycles. The summed E-state index contributed by atoms with van der Waals surface area (Å²) in [5, 5.41) is 10.1. The maximum atomic E-state index is 11.9. The van der Waals surface area contributed by atoms with Crippen molar-refractivity contribution in [1.29, 1.82) is 0 Å². The molecule has 0 bridgehead atoms. The van der Waals surface area contributed by atoms with Crippen molar-refractivity contribution in [1.82, 2.24) is 5.32 Å². The van der Waals surface area contributed by atoms with Gasteiger partial charge in [-0.1, -0.05) is 6.07 Å². The third kappa shape index (κ3) is 4.61. The number of carbonyl (C=O) groups excluding carboxylic acids is 2. The van der Waals surface area contributed by atoms with Crippen molar-refractivity contribution in [2.24, 2.45) is 0 Å². The van der Waals surface area contributed by atoms with E-state index in [2.05, 4.69) is 16.0 Å². The first-order chi connectivity index (χ1) is 10.0. The quantitative estimate of drug-likeness (QED) is 0.808. The van der Waals surface area contributed by atoms with Crippen molar-refractivity contribution in [2.75, 3.05) is 10.6 Å². The minimum absolute atomic E-state index is 0.0781. The first-order valence-corrected chi connectivity index (χ1v) is 7.45. The molecular formula is C15H17N3O2S. The maximum absolute atomic E-state index is 11.9. The van der Waals surface area contributed by atoms with E-state index in [4.69, 9.17) is 0 Å². The molecule has 0 fully saturated rings. The van der Waals surface area contributed by atoms with Crippen molar-refractivity contribution in [3.8, 4) is 0 Å². The Balaban J connectivity index is 1.93. The molecule has 2 rings (SSSR count). The fourth-order valence-electron chi connectivity index (χ4n) is 1.67. The second-order valence-corrected chi connectivity index (χ2v) is 5.71. The lowest BCUT2D eigenvalue weighted by atomic mass is 10.2. The largest absolute Gasteiger partial charge is 0.336 e. The van der Waals surface area contributed by atoms with Gasteiger partial charge < -0.3 is 16.0 Å². The van der Waals surface area contributed by atoms with Gasteiger partial charge in [0.25, 0.3) is 5.91 Å². The van der Waals surface area contributed by atoms with E-state index in [9.17, 15) is 9.59 Å². The van der Waals surface area contributed by atoms with Crippen LogP contribution in [0, 0.1) is 0 Å². The number of anilines is 2. The molecule has 0 unspecified atom stereocenters. The molecule has 21 heavy (non-hydrogen) atoms. The fraction of sp³-hybridized carbons (Fsp3) is 0.200. The van der Waals surface area contributed by atoms with Gasteiger partial charge in [0.1, 0.15) is 0 Å². The van der Waals surface area contributed by atoms with Crippen LogP contribution in [0.15, 0.2) is 41.8 Å². The van der Waals surface area contributed by atoms with E-state index in [0.29, 0.717) is 16.3 Å². The van der Waals surface area contributed by atoms with E-state index >= 15 is 0 Å². The van der Waals surface area contributed by atoms with Gasteiger partial charge in [0.15, 0.2) is 0 Å². The number of carbonyl (C=O) groups is 2. The Kier molecular flexibility index (Phi) is 4.94. The molecule has 0 saturated carbocycles. The van der Waals surface area contributed by atoms with Crippen LogP contribution >= 0.6 is 11.3 Å². The highest BCUT2D eigenvalue weighted by atomic mass is 32.1. The van der Waals surface area contributed by atoms with Gasteiger partial charge in [-0.2, -0.15) is 0 Å². The van der Waals surface area contributed by atoms with Crippen LogP contribution in [0.1, 0.15) is 23.5 Å². The van der Waals surface area contributed by atoms with Crippen LogP contribution < -0.4 is 16.0 Å². The first kappa shape index (κ1) is 15.1. The summed E-state index contributed by atoms with van der Waals surface area (Å²) >= 11 is 1.39. The van der Waals surface area contributed by atoms with Crippen LogP contribution in [0.25, 0.3) is 0 Å². The van der Waals surface area contributed by atoms with Gasteiger partial charge in [-0.3, -0.25) is 4.79 Å². The zero-order chi connectivity index (χ0) is 15.2. The lowest BCUT2D eigenvalue weighted by molar-refractivity contribution is 0.103. The van der Waals surface area contributed by atoms with Gasteiger partial charge in [-0.05, 0) is 49.6 Å². The van der Waals surface area contributed by atoms with Crippen LogP contribution in [0.4, 0.5) is 16.2 Å². The Morgan fingerprint density at radius 1 is 1.00 bits per heavy atom. The topological polar surface area (TPSA) is 70.2 Å². The number of hydrogen-bond donors (Lipinski definition) is 3. The highest BCUT2D eigenvalue weighted by Gasteiger charge is 2.07. The van der Waals surface area contributed by atoms with Crippen molar-refractivity contribution >= 4 is 34.6 Å². The Morgan fingerprint density at radius 3 is 2.14 bits per heavy atom. The highest BCUT2D eigenvalue weighted by Crippen LogP contribution is 2.16. The third-order valence-electron chi connectivity index (χ3n) is 2.57. The number of thiophene rings is 1. The second-order valence-electron chi connectivity index (χ2n) is 4.76. The number of nitrogens with one attached hydrogen (secondary N) is 3. The van der Waals surface area contributed by atoms with Crippen molar-refractivity contribution in [2.45, 2.75) is 19.9 Å². The zero-order valence-electron chi connectivity index (χ0n) is 11.8. The molecule has 0 radical (unpaired) electrons. The molecule has 0 atom stereocenters. The fourth-order valence-corrected chi connectivity index (χ4v) is 2.29. The van der Waals surface area contributed by atoms with Gasteiger partial charge >= 0.3 is 6.03 Å². The van der Waals surface area contributed by atoms with Gasteiger partial charge in [0.2, 0.25) is 0 Å². The number of urea groups is 1. The first-order valence-electron chi connectivity index (χ1n) is 6.57. The van der Waals surface area contributed by atoms with Gasteiger partial charge in [-0.15, -0.1) is 11.3 Å². The van der Waals surface area contributed by atoms with Gasteiger partial charge in [0.05, 0.1) is 4.88 Å². The standard InChI is InChI=1S/C15H17N3O2S/c1-10(2)16-15(20)18-12-7-5-11(6-8-12)17-14(19)13-4-3-9-21-13/h3-10H,1-2H3,(H,17,19)(H2,16,18,20). The van der Waals surface area contributed by atoms with E-state index < -0.39 is 0 Å². The predicted octanol–water partition coefficient (Wildman–Crippen LogP) is 3.53. The van der Waals surface area contributed by atoms with E-state index in [1.807, 2.05) is 25.3 Å². The summed E-state index contributed by atoms with van der Waals surface area (Å²) in [4.78, 5) is 24.1. The van der Waals surface area contributed by atoms with Crippen molar-refractivity contribution < 1.29 is 9.59 Å². The molecule has 0 aliphatic rings. The van der Waals surface area contributed by atoms with Crippen LogP contribution in [-0.2, 0) is 0 Å². The second kappa shape index (κ2) is 6.90. The molecule has 1 aromatic heterocycles. The molecule has 6 heteroatoms. The number of amides is 3. The average Bonchev–Trinajstić information content (AvgIpc) is 2.94. The third-order valence-corrected chi connectivity index (χ3v) is 3.43. The SMILES string of the molecule is CC(C)NC(=O)Nc1ccc(NC(=O)c2cccs2)cc1. The van der Waals surface area contributed by atoms with Crippen LogP contribution in [0.5, 0.6) is 0 Å². The van der Waals surface area contributed by atoms with E-state index in [1.165, 1.54) is 11.3 Å². The minimum Gasteiger partial charge on any atom is -0.336 e. The molecule has 110 valence electrons. The van der Waals surface area contributed by atoms with Gasteiger partial charge in [0, 0.05) is 17.4 Å². The monoisotopic (exact) mass is 303 g/mol. The summed E-state index contributed by atoms with van der Waals surface area (Å²) in [6.07, 6.45) is 0. The molecule has 0 saturated heterocycles. The maximum Gasteiger partial charge on any atom is 0.319 e. The van der Waals surface area contributed by atoms with Crippen LogP contribution in [0.3, 0.4) is 0 Å². The van der Waals surface area contributed by atoms with E-state index in [-0.39, 0.29) is 18.0 Å². The van der Waals surface area contributed by atoms with E-state index in [0.717, 1.165) is 0 Å². The molecular weight excluding hydrogens is 286 g/mol. The zero-order valence-corrected chi connectivity index (χ0v) is 12.7. The van der Waals surface area contributed by atoms with Gasteiger partial charge in [-0.25, -0.2) is 4.79 Å². The lowest BCUT2D eigenvalue weighted by Crippen LogP contribution is -2.34. The smallest absolute Gasteiger partial charge is 0.319 e.